The van der Waals surface area contributed by atoms with Gasteiger partial charge in [-0.05, 0) is 42.0 Å². The molecule has 0 aromatic heterocycles. The van der Waals surface area contributed by atoms with Gasteiger partial charge in [-0.2, -0.15) is 0 Å². The molecule has 2 aromatic rings. The van der Waals surface area contributed by atoms with Crippen LogP contribution in [0.5, 0.6) is 11.5 Å². The molecular formula is C17H18N2O5S. The normalized spacial score (nSPS) is 11.3. The van der Waals surface area contributed by atoms with E-state index >= 15 is 0 Å². The number of amides is 1. The van der Waals surface area contributed by atoms with E-state index < -0.39 is 15.9 Å². The van der Waals surface area contributed by atoms with E-state index in [1.54, 1.807) is 31.4 Å². The molecule has 132 valence electrons. The van der Waals surface area contributed by atoms with Crippen molar-refractivity contribution in [3.8, 4) is 11.5 Å². The standard InChI is InChI=1S/C17H18N2O5S/c1-23-14-5-3-4-12(10-14)6-9-17(20)19-13-7-8-15(24-2)16(11-13)25(18,21)22/h3-11H,1-2H3,(H,19,20)(H2,18,21,22)/b9-6+. The van der Waals surface area contributed by atoms with Crippen LogP contribution in [0.25, 0.3) is 6.08 Å². The first kappa shape index (κ1) is 18.5. The Bertz CT molecular complexity index is 907. The number of carbonyl (C=O) groups excluding carboxylic acids is 1. The maximum absolute atomic E-state index is 12.0. The summed E-state index contributed by atoms with van der Waals surface area (Å²) in [5.41, 5.74) is 1.07. The molecule has 7 nitrogen and oxygen atoms in total. The third kappa shape index (κ3) is 5.07. The van der Waals surface area contributed by atoms with Crippen molar-refractivity contribution in [2.24, 2.45) is 5.14 Å². The second-order valence-corrected chi connectivity index (χ2v) is 6.54. The van der Waals surface area contributed by atoms with Gasteiger partial charge in [0.1, 0.15) is 16.4 Å². The fourth-order valence-electron chi connectivity index (χ4n) is 2.08. The van der Waals surface area contributed by atoms with Gasteiger partial charge in [-0.25, -0.2) is 13.6 Å². The summed E-state index contributed by atoms with van der Waals surface area (Å²) in [5, 5.41) is 7.72. The summed E-state index contributed by atoms with van der Waals surface area (Å²) in [4.78, 5) is 11.8. The van der Waals surface area contributed by atoms with E-state index in [4.69, 9.17) is 14.6 Å². The lowest BCUT2D eigenvalue weighted by Crippen LogP contribution is -2.15. The molecule has 2 aromatic carbocycles. The van der Waals surface area contributed by atoms with Crippen molar-refractivity contribution in [3.63, 3.8) is 0 Å². The smallest absolute Gasteiger partial charge is 0.248 e. The quantitative estimate of drug-likeness (QED) is 0.764. The number of methoxy groups -OCH3 is 2. The molecule has 0 unspecified atom stereocenters. The SMILES string of the molecule is COc1cccc(/C=C/C(=O)Nc2ccc(OC)c(S(N)(=O)=O)c2)c1. The number of nitrogens with two attached hydrogens (primary N) is 1. The zero-order chi connectivity index (χ0) is 18.4. The summed E-state index contributed by atoms with van der Waals surface area (Å²) in [6.07, 6.45) is 2.94. The van der Waals surface area contributed by atoms with Crippen LogP contribution >= 0.6 is 0 Å². The van der Waals surface area contributed by atoms with Crippen LogP contribution in [0.4, 0.5) is 5.69 Å². The molecular weight excluding hydrogens is 344 g/mol. The molecule has 1 amide bonds. The molecule has 0 radical (unpaired) electrons. The van der Waals surface area contributed by atoms with Crippen LogP contribution in [0.2, 0.25) is 0 Å². The predicted octanol–water partition coefficient (Wildman–Crippen LogP) is 2.00. The van der Waals surface area contributed by atoms with Gasteiger partial charge < -0.3 is 14.8 Å². The molecule has 0 atom stereocenters. The van der Waals surface area contributed by atoms with Crippen molar-refractivity contribution in [1.82, 2.24) is 0 Å². The Morgan fingerprint density at radius 1 is 1.12 bits per heavy atom. The monoisotopic (exact) mass is 362 g/mol. The third-order valence-electron chi connectivity index (χ3n) is 3.26. The zero-order valence-electron chi connectivity index (χ0n) is 13.7. The molecule has 0 aliphatic rings. The first-order valence-electron chi connectivity index (χ1n) is 7.17. The van der Waals surface area contributed by atoms with Crippen molar-refractivity contribution in [3.05, 3.63) is 54.1 Å². The van der Waals surface area contributed by atoms with Crippen LogP contribution in [0.1, 0.15) is 5.56 Å². The largest absolute Gasteiger partial charge is 0.497 e. The number of carbonyl (C=O) groups is 1. The van der Waals surface area contributed by atoms with E-state index in [1.807, 2.05) is 6.07 Å². The van der Waals surface area contributed by atoms with Gasteiger partial charge >= 0.3 is 0 Å². The number of anilines is 1. The minimum atomic E-state index is -3.98. The van der Waals surface area contributed by atoms with Gasteiger partial charge in [-0.1, -0.05) is 12.1 Å². The van der Waals surface area contributed by atoms with E-state index in [0.29, 0.717) is 5.75 Å². The van der Waals surface area contributed by atoms with Crippen LogP contribution < -0.4 is 19.9 Å². The molecule has 0 aliphatic carbocycles. The molecule has 0 spiro atoms. The highest BCUT2D eigenvalue weighted by molar-refractivity contribution is 7.89. The van der Waals surface area contributed by atoms with E-state index in [-0.39, 0.29) is 16.3 Å². The molecule has 3 N–H and O–H groups in total. The molecule has 0 heterocycles. The molecule has 0 bridgehead atoms. The number of benzene rings is 2. The number of hydrogen-bond donors (Lipinski definition) is 2. The summed E-state index contributed by atoms with van der Waals surface area (Å²) in [5.74, 6) is 0.358. The second-order valence-electron chi connectivity index (χ2n) is 5.01. The van der Waals surface area contributed by atoms with E-state index in [2.05, 4.69) is 5.32 Å². The summed E-state index contributed by atoms with van der Waals surface area (Å²) >= 11 is 0. The Morgan fingerprint density at radius 3 is 2.52 bits per heavy atom. The van der Waals surface area contributed by atoms with Gasteiger partial charge in [0.25, 0.3) is 0 Å². The topological polar surface area (TPSA) is 108 Å². The molecule has 0 saturated heterocycles. The summed E-state index contributed by atoms with van der Waals surface area (Å²) < 4.78 is 33.2. The van der Waals surface area contributed by atoms with Gasteiger partial charge in [0.2, 0.25) is 15.9 Å². The average molecular weight is 362 g/mol. The minimum Gasteiger partial charge on any atom is -0.497 e. The molecule has 0 fully saturated rings. The Kier molecular flexibility index (Phi) is 5.79. The van der Waals surface area contributed by atoms with Gasteiger partial charge in [0, 0.05) is 11.8 Å². The highest BCUT2D eigenvalue weighted by atomic mass is 32.2. The average Bonchev–Trinajstić information content (AvgIpc) is 2.59. The molecule has 8 heteroatoms. The molecule has 0 aliphatic heterocycles. The van der Waals surface area contributed by atoms with E-state index in [0.717, 1.165) is 5.56 Å². The lowest BCUT2D eigenvalue weighted by Gasteiger charge is -2.09. The Labute approximate surface area is 146 Å². The number of primary sulfonamides is 1. The van der Waals surface area contributed by atoms with Gasteiger partial charge in [0.05, 0.1) is 14.2 Å². The Morgan fingerprint density at radius 2 is 1.88 bits per heavy atom. The number of sulfonamides is 1. The van der Waals surface area contributed by atoms with Crippen molar-refractivity contribution in [2.75, 3.05) is 19.5 Å². The van der Waals surface area contributed by atoms with Crippen LogP contribution in [0.3, 0.4) is 0 Å². The van der Waals surface area contributed by atoms with E-state index in [1.165, 1.54) is 31.4 Å². The van der Waals surface area contributed by atoms with Crippen molar-refractivity contribution in [1.29, 1.82) is 0 Å². The van der Waals surface area contributed by atoms with E-state index in [9.17, 15) is 13.2 Å². The molecule has 25 heavy (non-hydrogen) atoms. The summed E-state index contributed by atoms with van der Waals surface area (Å²) in [7, 11) is -1.08. The summed E-state index contributed by atoms with van der Waals surface area (Å²) in [6, 6.07) is 11.4. The van der Waals surface area contributed by atoms with Gasteiger partial charge in [0.15, 0.2) is 0 Å². The van der Waals surface area contributed by atoms with Crippen molar-refractivity contribution in [2.45, 2.75) is 4.90 Å². The van der Waals surface area contributed by atoms with Crippen LogP contribution in [-0.4, -0.2) is 28.5 Å². The lowest BCUT2D eigenvalue weighted by molar-refractivity contribution is -0.111. The Balaban J connectivity index is 2.16. The Hall–Kier alpha value is -2.84. The lowest BCUT2D eigenvalue weighted by atomic mass is 10.2. The van der Waals surface area contributed by atoms with Crippen molar-refractivity contribution >= 4 is 27.7 Å². The van der Waals surface area contributed by atoms with Crippen molar-refractivity contribution < 1.29 is 22.7 Å². The number of ether oxygens (including phenoxy) is 2. The minimum absolute atomic E-state index is 0.104. The molecule has 2 rings (SSSR count). The number of rotatable bonds is 6. The highest BCUT2D eigenvalue weighted by Crippen LogP contribution is 2.26. The third-order valence-corrected chi connectivity index (χ3v) is 4.19. The van der Waals surface area contributed by atoms with Crippen LogP contribution in [0, 0.1) is 0 Å². The fraction of sp³-hybridized carbons (Fsp3) is 0.118. The van der Waals surface area contributed by atoms with Crippen LogP contribution in [0.15, 0.2) is 53.4 Å². The number of nitrogens with one attached hydrogen (secondary N) is 1. The van der Waals surface area contributed by atoms with Gasteiger partial charge in [-0.15, -0.1) is 0 Å². The maximum Gasteiger partial charge on any atom is 0.248 e. The number of hydrogen-bond acceptors (Lipinski definition) is 5. The van der Waals surface area contributed by atoms with Crippen LogP contribution in [-0.2, 0) is 14.8 Å². The summed E-state index contributed by atoms with van der Waals surface area (Å²) in [6.45, 7) is 0. The predicted molar refractivity (Wildman–Crippen MR) is 95.0 cm³/mol. The molecule has 0 saturated carbocycles. The maximum atomic E-state index is 12.0. The first-order chi connectivity index (χ1) is 11.8. The zero-order valence-corrected chi connectivity index (χ0v) is 14.5. The first-order valence-corrected chi connectivity index (χ1v) is 8.72. The second kappa shape index (κ2) is 7.82. The van der Waals surface area contributed by atoms with Gasteiger partial charge in [-0.3, -0.25) is 4.79 Å². The fourth-order valence-corrected chi connectivity index (χ4v) is 2.80. The highest BCUT2D eigenvalue weighted by Gasteiger charge is 2.16.